The summed E-state index contributed by atoms with van der Waals surface area (Å²) < 4.78 is 5.38. The molecule has 4 aliphatic carbocycles. The Hall–Kier alpha value is -1.42. The maximum Gasteiger partial charge on any atom is 0.251 e. The number of benzene rings is 1. The van der Waals surface area contributed by atoms with Crippen molar-refractivity contribution in [2.45, 2.75) is 45.1 Å². The second-order valence-corrected chi connectivity index (χ2v) is 8.07. The van der Waals surface area contributed by atoms with Gasteiger partial charge in [0, 0.05) is 11.6 Å². The Morgan fingerprint density at radius 2 is 1.83 bits per heavy atom. The highest BCUT2D eigenvalue weighted by atomic mass is 35.5. The van der Waals surface area contributed by atoms with E-state index in [0.717, 1.165) is 11.8 Å². The Bertz CT molecular complexity index is 632. The van der Waals surface area contributed by atoms with Crippen LogP contribution in [0.25, 0.3) is 0 Å². The molecule has 5 rings (SSSR count). The van der Waals surface area contributed by atoms with Crippen LogP contribution in [0.5, 0.6) is 11.5 Å². The smallest absolute Gasteiger partial charge is 0.251 e. The normalized spacial score (nSPS) is 33.5. The Morgan fingerprint density at radius 3 is 2.42 bits per heavy atom. The van der Waals surface area contributed by atoms with Crippen LogP contribution in [-0.2, 0) is 0 Å². The molecule has 0 aromatic heterocycles. The second-order valence-electron chi connectivity index (χ2n) is 7.67. The fourth-order valence-corrected chi connectivity index (χ4v) is 5.58. The van der Waals surface area contributed by atoms with E-state index in [1.165, 1.54) is 38.2 Å². The standard InChI is InChI=1S/C19H24ClNO3/c1-2-24-16-9-14(8-15(20)18(16)22)19(23)21-17-12-4-10-3-11(6-12)7-13(17)5-10/h8-13,17,22H,2-7H2,1H3,(H,21,23). The fraction of sp³-hybridized carbons (Fsp3) is 0.632. The summed E-state index contributed by atoms with van der Waals surface area (Å²) in [5.74, 6) is 3.06. The lowest BCUT2D eigenvalue weighted by Crippen LogP contribution is -2.55. The number of ether oxygens (including phenoxy) is 1. The molecule has 4 bridgehead atoms. The first-order valence-electron chi connectivity index (χ1n) is 9.01. The van der Waals surface area contributed by atoms with Crippen LogP contribution in [0.2, 0.25) is 5.02 Å². The van der Waals surface area contributed by atoms with Gasteiger partial charge in [-0.2, -0.15) is 0 Å². The largest absolute Gasteiger partial charge is 0.503 e. The first-order chi connectivity index (χ1) is 11.5. The minimum absolute atomic E-state index is 0.107. The molecule has 0 aliphatic heterocycles. The van der Waals surface area contributed by atoms with Crippen molar-refractivity contribution in [1.82, 2.24) is 5.32 Å². The van der Waals surface area contributed by atoms with Gasteiger partial charge in [0.25, 0.3) is 5.91 Å². The zero-order chi connectivity index (χ0) is 16.8. The van der Waals surface area contributed by atoms with Crippen molar-refractivity contribution in [1.29, 1.82) is 0 Å². The summed E-state index contributed by atoms with van der Waals surface area (Å²) in [6.45, 7) is 2.24. The van der Waals surface area contributed by atoms with Gasteiger partial charge in [0.1, 0.15) is 0 Å². The molecule has 1 aromatic rings. The summed E-state index contributed by atoms with van der Waals surface area (Å²) >= 11 is 6.05. The van der Waals surface area contributed by atoms with Gasteiger partial charge in [-0.1, -0.05) is 11.6 Å². The summed E-state index contributed by atoms with van der Waals surface area (Å²) in [6.07, 6.45) is 6.45. The molecule has 0 heterocycles. The minimum Gasteiger partial charge on any atom is -0.503 e. The lowest BCUT2D eigenvalue weighted by atomic mass is 9.54. The zero-order valence-electron chi connectivity index (χ0n) is 13.9. The van der Waals surface area contributed by atoms with Crippen molar-refractivity contribution in [3.8, 4) is 11.5 Å². The predicted molar refractivity (Wildman–Crippen MR) is 92.6 cm³/mol. The molecule has 0 saturated heterocycles. The summed E-state index contributed by atoms with van der Waals surface area (Å²) in [6, 6.07) is 3.38. The Morgan fingerprint density at radius 1 is 1.21 bits per heavy atom. The molecule has 0 unspecified atom stereocenters. The van der Waals surface area contributed by atoms with Gasteiger partial charge in [-0.3, -0.25) is 4.79 Å². The van der Waals surface area contributed by atoms with E-state index in [-0.39, 0.29) is 28.5 Å². The van der Waals surface area contributed by atoms with Crippen LogP contribution in [0.4, 0.5) is 0 Å². The van der Waals surface area contributed by atoms with Gasteiger partial charge in [0.2, 0.25) is 0 Å². The van der Waals surface area contributed by atoms with Crippen LogP contribution in [0.15, 0.2) is 12.1 Å². The SMILES string of the molecule is CCOc1cc(C(=O)NC2C3CC4CC(C3)CC2C4)cc(Cl)c1O. The molecular formula is C19H24ClNO3. The number of nitrogens with one attached hydrogen (secondary N) is 1. The Balaban J connectivity index is 1.52. The zero-order valence-corrected chi connectivity index (χ0v) is 14.7. The van der Waals surface area contributed by atoms with Crippen molar-refractivity contribution in [3.05, 3.63) is 22.7 Å². The molecule has 4 nitrogen and oxygen atoms in total. The molecule has 4 fully saturated rings. The number of hydrogen-bond donors (Lipinski definition) is 2. The highest BCUT2D eigenvalue weighted by molar-refractivity contribution is 6.32. The molecule has 5 heteroatoms. The third-order valence-electron chi connectivity index (χ3n) is 6.11. The number of phenolic OH excluding ortho intramolecular Hbond substituents is 1. The molecule has 4 aliphatic rings. The molecule has 24 heavy (non-hydrogen) atoms. The molecule has 1 amide bonds. The van der Waals surface area contributed by atoms with Gasteiger partial charge in [-0.25, -0.2) is 0 Å². The van der Waals surface area contributed by atoms with Crippen molar-refractivity contribution >= 4 is 17.5 Å². The summed E-state index contributed by atoms with van der Waals surface area (Å²) in [5.41, 5.74) is 0.454. The average molecular weight is 350 g/mol. The minimum atomic E-state index is -0.115. The van der Waals surface area contributed by atoms with Gasteiger partial charge in [-0.05, 0) is 74.8 Å². The van der Waals surface area contributed by atoms with Gasteiger partial charge in [0.15, 0.2) is 11.5 Å². The van der Waals surface area contributed by atoms with E-state index < -0.39 is 0 Å². The quantitative estimate of drug-likeness (QED) is 0.863. The highest BCUT2D eigenvalue weighted by Gasteiger charge is 2.48. The van der Waals surface area contributed by atoms with Crippen molar-refractivity contribution < 1.29 is 14.6 Å². The van der Waals surface area contributed by atoms with E-state index in [4.69, 9.17) is 16.3 Å². The van der Waals surface area contributed by atoms with Crippen molar-refractivity contribution in [2.75, 3.05) is 6.61 Å². The highest BCUT2D eigenvalue weighted by Crippen LogP contribution is 2.53. The molecular weight excluding hydrogens is 326 g/mol. The first kappa shape index (κ1) is 16.1. The number of carbonyl (C=O) groups excluding carboxylic acids is 1. The van der Waals surface area contributed by atoms with Crippen LogP contribution in [0, 0.1) is 23.7 Å². The fourth-order valence-electron chi connectivity index (χ4n) is 5.37. The van der Waals surface area contributed by atoms with Crippen LogP contribution >= 0.6 is 11.6 Å². The van der Waals surface area contributed by atoms with Crippen LogP contribution in [0.1, 0.15) is 49.4 Å². The second kappa shape index (κ2) is 6.14. The number of amides is 1. The maximum atomic E-state index is 12.7. The predicted octanol–water partition coefficient (Wildman–Crippen LogP) is 4.00. The Labute approximate surface area is 147 Å². The number of aromatic hydroxyl groups is 1. The van der Waals surface area contributed by atoms with Gasteiger partial charge >= 0.3 is 0 Å². The van der Waals surface area contributed by atoms with E-state index in [9.17, 15) is 9.90 Å². The monoisotopic (exact) mass is 349 g/mol. The van der Waals surface area contributed by atoms with Gasteiger partial charge < -0.3 is 15.2 Å². The maximum absolute atomic E-state index is 12.7. The molecule has 1 aromatic carbocycles. The number of phenols is 1. The molecule has 130 valence electrons. The molecule has 0 spiro atoms. The van der Waals surface area contributed by atoms with Crippen molar-refractivity contribution in [2.24, 2.45) is 23.7 Å². The summed E-state index contributed by atoms with van der Waals surface area (Å²) in [5, 5.41) is 13.3. The van der Waals surface area contributed by atoms with Gasteiger partial charge in [-0.15, -0.1) is 0 Å². The van der Waals surface area contributed by atoms with E-state index in [2.05, 4.69) is 5.32 Å². The first-order valence-corrected chi connectivity index (χ1v) is 9.39. The summed E-state index contributed by atoms with van der Waals surface area (Å²) in [7, 11) is 0. The van der Waals surface area contributed by atoms with E-state index in [1.54, 1.807) is 6.07 Å². The Kier molecular flexibility index (Phi) is 4.11. The average Bonchev–Trinajstić information content (AvgIpc) is 2.54. The lowest BCUT2D eigenvalue weighted by Gasteiger charge is -2.54. The third-order valence-corrected chi connectivity index (χ3v) is 6.40. The molecule has 2 N–H and O–H groups in total. The topological polar surface area (TPSA) is 58.6 Å². The van der Waals surface area contributed by atoms with Gasteiger partial charge in [0.05, 0.1) is 11.6 Å². The number of hydrogen-bond acceptors (Lipinski definition) is 3. The van der Waals surface area contributed by atoms with E-state index in [1.807, 2.05) is 6.92 Å². The number of halogens is 1. The van der Waals surface area contributed by atoms with Crippen LogP contribution in [-0.4, -0.2) is 23.7 Å². The molecule has 0 radical (unpaired) electrons. The molecule has 4 saturated carbocycles. The third kappa shape index (κ3) is 2.75. The number of carbonyl (C=O) groups is 1. The van der Waals surface area contributed by atoms with E-state index >= 15 is 0 Å². The van der Waals surface area contributed by atoms with Crippen LogP contribution < -0.4 is 10.1 Å². The number of rotatable bonds is 4. The lowest BCUT2D eigenvalue weighted by molar-refractivity contribution is -0.0119. The van der Waals surface area contributed by atoms with E-state index in [0.29, 0.717) is 24.0 Å². The summed E-state index contributed by atoms with van der Waals surface area (Å²) in [4.78, 5) is 12.7. The molecule has 0 atom stereocenters. The van der Waals surface area contributed by atoms with Crippen molar-refractivity contribution in [3.63, 3.8) is 0 Å². The van der Waals surface area contributed by atoms with Crippen LogP contribution in [0.3, 0.4) is 0 Å².